The van der Waals surface area contributed by atoms with Crippen LogP contribution in [0.25, 0.3) is 0 Å². The number of anilines is 1. The standard InChI is InChI=1S/C19H22N6O2.ClH/c1-13-11-18(23-22-13)27-16-6-4-14(5-7-16)21-19(26)17-8-10-25(24-17)15-3-2-9-20-12-15;/h4-8,10-11,15,20H,2-3,9,12H2,1H3,(H,21,26)(H,22,23);1H. The molecule has 28 heavy (non-hydrogen) atoms. The Labute approximate surface area is 169 Å². The van der Waals surface area contributed by atoms with Crippen LogP contribution in [0.5, 0.6) is 11.6 Å². The van der Waals surface area contributed by atoms with Gasteiger partial charge in [0, 0.05) is 30.2 Å². The lowest BCUT2D eigenvalue weighted by Crippen LogP contribution is -2.32. The zero-order chi connectivity index (χ0) is 18.6. The van der Waals surface area contributed by atoms with Gasteiger partial charge in [-0.2, -0.15) is 5.10 Å². The molecule has 0 saturated carbocycles. The summed E-state index contributed by atoms with van der Waals surface area (Å²) < 4.78 is 7.52. The van der Waals surface area contributed by atoms with E-state index in [4.69, 9.17) is 4.74 Å². The average Bonchev–Trinajstić information content (AvgIpc) is 3.33. The Hall–Kier alpha value is -2.84. The number of halogens is 1. The summed E-state index contributed by atoms with van der Waals surface area (Å²) in [5.41, 5.74) is 2.02. The normalized spacial score (nSPS) is 16.2. The van der Waals surface area contributed by atoms with Crippen LogP contribution >= 0.6 is 12.4 Å². The molecule has 1 fully saturated rings. The second kappa shape index (κ2) is 8.90. The van der Waals surface area contributed by atoms with Gasteiger partial charge in [0.05, 0.1) is 6.04 Å². The first-order valence-corrected chi connectivity index (χ1v) is 9.04. The molecular formula is C19H23ClN6O2. The summed E-state index contributed by atoms with van der Waals surface area (Å²) >= 11 is 0. The Bertz CT molecular complexity index is 915. The molecule has 0 radical (unpaired) electrons. The Kier molecular flexibility index (Phi) is 6.33. The van der Waals surface area contributed by atoms with Gasteiger partial charge in [0.15, 0.2) is 5.69 Å². The molecule has 1 atom stereocenters. The predicted molar refractivity (Wildman–Crippen MR) is 108 cm³/mol. The van der Waals surface area contributed by atoms with E-state index in [-0.39, 0.29) is 18.3 Å². The van der Waals surface area contributed by atoms with E-state index >= 15 is 0 Å². The fraction of sp³-hybridized carbons (Fsp3) is 0.316. The van der Waals surface area contributed by atoms with Gasteiger partial charge in [-0.15, -0.1) is 17.5 Å². The summed E-state index contributed by atoms with van der Waals surface area (Å²) in [4.78, 5) is 12.4. The highest BCUT2D eigenvalue weighted by Gasteiger charge is 2.17. The number of aromatic amines is 1. The minimum atomic E-state index is -0.228. The van der Waals surface area contributed by atoms with Crippen molar-refractivity contribution in [1.82, 2.24) is 25.3 Å². The molecule has 1 aliphatic rings. The lowest BCUT2D eigenvalue weighted by atomic mass is 10.1. The number of aryl methyl sites for hydroxylation is 1. The third-order valence-electron chi connectivity index (χ3n) is 4.50. The van der Waals surface area contributed by atoms with Crippen LogP contribution in [0.15, 0.2) is 42.6 Å². The number of nitrogens with one attached hydrogen (secondary N) is 3. The molecule has 0 aliphatic carbocycles. The zero-order valence-electron chi connectivity index (χ0n) is 15.5. The number of ether oxygens (including phenoxy) is 1. The quantitative estimate of drug-likeness (QED) is 0.608. The molecule has 1 unspecified atom stereocenters. The first-order chi connectivity index (χ1) is 13.2. The van der Waals surface area contributed by atoms with Gasteiger partial charge in [-0.05, 0) is 56.6 Å². The van der Waals surface area contributed by atoms with E-state index in [1.807, 2.05) is 23.9 Å². The molecule has 1 aliphatic heterocycles. The predicted octanol–water partition coefficient (Wildman–Crippen LogP) is 3.31. The first kappa shape index (κ1) is 19.9. The number of benzene rings is 1. The molecular weight excluding hydrogens is 380 g/mol. The van der Waals surface area contributed by atoms with Crippen molar-refractivity contribution in [2.75, 3.05) is 18.4 Å². The first-order valence-electron chi connectivity index (χ1n) is 9.04. The van der Waals surface area contributed by atoms with E-state index < -0.39 is 0 Å². The highest BCUT2D eigenvalue weighted by atomic mass is 35.5. The number of amides is 1. The number of nitrogens with zero attached hydrogens (tertiary/aromatic N) is 3. The lowest BCUT2D eigenvalue weighted by molar-refractivity contribution is 0.102. The molecule has 4 rings (SSSR count). The van der Waals surface area contributed by atoms with Crippen LogP contribution in [0.3, 0.4) is 0 Å². The fourth-order valence-electron chi connectivity index (χ4n) is 3.09. The van der Waals surface area contributed by atoms with E-state index in [2.05, 4.69) is 25.9 Å². The van der Waals surface area contributed by atoms with Crippen LogP contribution in [0.2, 0.25) is 0 Å². The highest BCUT2D eigenvalue weighted by Crippen LogP contribution is 2.22. The van der Waals surface area contributed by atoms with E-state index in [1.165, 1.54) is 0 Å². The second-order valence-electron chi connectivity index (χ2n) is 6.65. The van der Waals surface area contributed by atoms with Crippen molar-refractivity contribution >= 4 is 24.0 Å². The van der Waals surface area contributed by atoms with Gasteiger partial charge in [-0.1, -0.05) is 0 Å². The topological polar surface area (TPSA) is 96.9 Å². The smallest absolute Gasteiger partial charge is 0.276 e. The van der Waals surface area contributed by atoms with Crippen molar-refractivity contribution in [3.63, 3.8) is 0 Å². The molecule has 3 heterocycles. The van der Waals surface area contributed by atoms with Crippen molar-refractivity contribution < 1.29 is 9.53 Å². The van der Waals surface area contributed by atoms with Crippen LogP contribution in [0.1, 0.15) is 35.1 Å². The van der Waals surface area contributed by atoms with Crippen LogP contribution in [0, 0.1) is 6.92 Å². The van der Waals surface area contributed by atoms with Gasteiger partial charge in [-0.3, -0.25) is 14.6 Å². The van der Waals surface area contributed by atoms with Crippen molar-refractivity contribution in [3.05, 3.63) is 54.0 Å². The molecule has 8 nitrogen and oxygen atoms in total. The number of H-pyrrole nitrogens is 1. The Morgan fingerprint density at radius 1 is 1.29 bits per heavy atom. The molecule has 1 aromatic carbocycles. The molecule has 9 heteroatoms. The maximum absolute atomic E-state index is 12.4. The molecule has 0 bridgehead atoms. The van der Waals surface area contributed by atoms with Gasteiger partial charge < -0.3 is 15.4 Å². The molecule has 148 valence electrons. The largest absolute Gasteiger partial charge is 0.438 e. The monoisotopic (exact) mass is 402 g/mol. The summed E-state index contributed by atoms with van der Waals surface area (Å²) in [5, 5.41) is 17.5. The Morgan fingerprint density at radius 2 is 2.11 bits per heavy atom. The summed E-state index contributed by atoms with van der Waals surface area (Å²) in [6, 6.07) is 11.0. The lowest BCUT2D eigenvalue weighted by Gasteiger charge is -2.22. The number of piperidine rings is 1. The third kappa shape index (κ3) is 4.71. The van der Waals surface area contributed by atoms with Crippen molar-refractivity contribution in [1.29, 1.82) is 0 Å². The van der Waals surface area contributed by atoms with Gasteiger partial charge in [0.1, 0.15) is 5.75 Å². The zero-order valence-corrected chi connectivity index (χ0v) is 16.3. The highest BCUT2D eigenvalue weighted by molar-refractivity contribution is 6.02. The summed E-state index contributed by atoms with van der Waals surface area (Å²) in [7, 11) is 0. The third-order valence-corrected chi connectivity index (χ3v) is 4.50. The molecule has 1 amide bonds. The molecule has 2 aromatic heterocycles. The number of hydrogen-bond donors (Lipinski definition) is 3. The average molecular weight is 403 g/mol. The molecule has 1 saturated heterocycles. The van der Waals surface area contributed by atoms with Crippen LogP contribution in [-0.2, 0) is 0 Å². The minimum absolute atomic E-state index is 0. The fourth-order valence-corrected chi connectivity index (χ4v) is 3.09. The van der Waals surface area contributed by atoms with Crippen LogP contribution in [0.4, 0.5) is 5.69 Å². The molecule has 3 N–H and O–H groups in total. The van der Waals surface area contributed by atoms with Crippen molar-refractivity contribution in [3.8, 4) is 11.6 Å². The van der Waals surface area contributed by atoms with Crippen LogP contribution < -0.4 is 15.4 Å². The number of carbonyl (C=O) groups excluding carboxylic acids is 1. The molecule has 0 spiro atoms. The van der Waals surface area contributed by atoms with Gasteiger partial charge in [-0.25, -0.2) is 0 Å². The van der Waals surface area contributed by atoms with Crippen molar-refractivity contribution in [2.24, 2.45) is 0 Å². The minimum Gasteiger partial charge on any atom is -0.438 e. The van der Waals surface area contributed by atoms with Crippen LogP contribution in [-0.4, -0.2) is 39.0 Å². The Balaban J connectivity index is 0.00000225. The second-order valence-corrected chi connectivity index (χ2v) is 6.65. The molecule has 3 aromatic rings. The van der Waals surface area contributed by atoms with Gasteiger partial charge in [0.25, 0.3) is 5.91 Å². The number of carbonyl (C=O) groups is 1. The number of aromatic nitrogens is 4. The van der Waals surface area contributed by atoms with E-state index in [9.17, 15) is 4.79 Å². The summed E-state index contributed by atoms with van der Waals surface area (Å²) in [6.45, 7) is 3.84. The summed E-state index contributed by atoms with van der Waals surface area (Å²) in [6.07, 6.45) is 4.07. The number of rotatable bonds is 5. The number of hydrogen-bond acceptors (Lipinski definition) is 5. The maximum Gasteiger partial charge on any atom is 0.276 e. The Morgan fingerprint density at radius 3 is 2.79 bits per heavy atom. The van der Waals surface area contributed by atoms with E-state index in [0.717, 1.165) is 31.6 Å². The van der Waals surface area contributed by atoms with Gasteiger partial charge >= 0.3 is 0 Å². The maximum atomic E-state index is 12.4. The van der Waals surface area contributed by atoms with E-state index in [1.54, 1.807) is 30.3 Å². The van der Waals surface area contributed by atoms with Gasteiger partial charge in [0.2, 0.25) is 5.88 Å². The van der Waals surface area contributed by atoms with E-state index in [0.29, 0.717) is 29.1 Å². The van der Waals surface area contributed by atoms with Crippen molar-refractivity contribution in [2.45, 2.75) is 25.8 Å². The summed E-state index contributed by atoms with van der Waals surface area (Å²) in [5.74, 6) is 0.926. The SMILES string of the molecule is Cc1cc(Oc2ccc(NC(=O)c3ccn(C4CCCNC4)n3)cc2)n[nH]1.Cl.